The summed E-state index contributed by atoms with van der Waals surface area (Å²) in [5.74, 6) is 2.29. The van der Waals surface area contributed by atoms with Gasteiger partial charge < -0.3 is 15.0 Å². The van der Waals surface area contributed by atoms with E-state index in [0.717, 1.165) is 0 Å². The summed E-state index contributed by atoms with van der Waals surface area (Å²) in [5, 5.41) is 2.52. The van der Waals surface area contributed by atoms with Crippen LogP contribution < -0.4 is 10.1 Å². The molecule has 8 heteroatoms. The fourth-order valence-electron chi connectivity index (χ4n) is 3.66. The Bertz CT molecular complexity index is 1060. The molecule has 172 valence electrons. The van der Waals surface area contributed by atoms with Crippen molar-refractivity contribution in [2.45, 2.75) is 19.1 Å². The SMILES string of the molecule is C#C[C@@H]1CN(C[C@H](Oc2ccc(C(=O)NC)nc2)c2ccc(C)c(F)c2)CCN1C(=O)C=C. The average molecular weight is 451 g/mol. The van der Waals surface area contributed by atoms with Crippen LogP contribution in [0.4, 0.5) is 4.39 Å². The zero-order chi connectivity index (χ0) is 24.0. The van der Waals surface area contributed by atoms with E-state index in [2.05, 4.69) is 27.7 Å². The molecular weight excluding hydrogens is 423 g/mol. The summed E-state index contributed by atoms with van der Waals surface area (Å²) in [4.78, 5) is 31.7. The lowest BCUT2D eigenvalue weighted by Crippen LogP contribution is -2.55. The summed E-state index contributed by atoms with van der Waals surface area (Å²) in [7, 11) is 1.53. The molecule has 33 heavy (non-hydrogen) atoms. The van der Waals surface area contributed by atoms with Crippen LogP contribution in [0, 0.1) is 25.1 Å². The topological polar surface area (TPSA) is 74.8 Å². The van der Waals surface area contributed by atoms with E-state index in [1.165, 1.54) is 25.4 Å². The molecule has 1 aliphatic heterocycles. The van der Waals surface area contributed by atoms with Gasteiger partial charge in [-0.3, -0.25) is 14.5 Å². The molecule has 2 amide bonds. The Labute approximate surface area is 193 Å². The van der Waals surface area contributed by atoms with Gasteiger partial charge in [-0.25, -0.2) is 9.37 Å². The van der Waals surface area contributed by atoms with E-state index in [-0.39, 0.29) is 23.3 Å². The maximum Gasteiger partial charge on any atom is 0.269 e. The molecule has 0 aliphatic carbocycles. The molecule has 0 spiro atoms. The van der Waals surface area contributed by atoms with Crippen LogP contribution in [0.3, 0.4) is 0 Å². The first-order chi connectivity index (χ1) is 15.9. The van der Waals surface area contributed by atoms with Crippen molar-refractivity contribution in [2.24, 2.45) is 0 Å². The minimum atomic E-state index is -0.521. The Balaban J connectivity index is 1.81. The van der Waals surface area contributed by atoms with Crippen LogP contribution in [-0.4, -0.2) is 65.9 Å². The number of terminal acetylenes is 1. The fourth-order valence-corrected chi connectivity index (χ4v) is 3.66. The first-order valence-corrected chi connectivity index (χ1v) is 10.6. The van der Waals surface area contributed by atoms with Gasteiger partial charge in [0.1, 0.15) is 29.4 Å². The quantitative estimate of drug-likeness (QED) is 0.518. The molecule has 3 rings (SSSR count). The molecule has 1 saturated heterocycles. The third kappa shape index (κ3) is 5.76. The van der Waals surface area contributed by atoms with Crippen molar-refractivity contribution in [2.75, 3.05) is 33.2 Å². The number of carbonyl (C=O) groups excluding carboxylic acids is 2. The molecule has 1 N–H and O–H groups in total. The van der Waals surface area contributed by atoms with Crippen molar-refractivity contribution >= 4 is 11.8 Å². The number of pyridine rings is 1. The van der Waals surface area contributed by atoms with Crippen LogP contribution in [0.25, 0.3) is 0 Å². The summed E-state index contributed by atoms with van der Waals surface area (Å²) in [5.41, 5.74) is 1.47. The Kier molecular flexibility index (Phi) is 7.80. The number of nitrogens with zero attached hydrogens (tertiary/aromatic N) is 3. The Morgan fingerprint density at radius 3 is 2.79 bits per heavy atom. The highest BCUT2D eigenvalue weighted by atomic mass is 19.1. The van der Waals surface area contributed by atoms with E-state index in [1.54, 1.807) is 30.0 Å². The van der Waals surface area contributed by atoms with E-state index in [0.29, 0.717) is 43.1 Å². The van der Waals surface area contributed by atoms with E-state index >= 15 is 0 Å². The molecule has 1 fully saturated rings. The maximum absolute atomic E-state index is 14.3. The highest BCUT2D eigenvalue weighted by Crippen LogP contribution is 2.25. The lowest BCUT2D eigenvalue weighted by Gasteiger charge is -2.39. The number of hydrogen-bond donors (Lipinski definition) is 1. The molecule has 0 radical (unpaired) electrons. The second kappa shape index (κ2) is 10.7. The van der Waals surface area contributed by atoms with Crippen molar-refractivity contribution in [1.29, 1.82) is 0 Å². The lowest BCUT2D eigenvalue weighted by molar-refractivity contribution is -0.129. The van der Waals surface area contributed by atoms with Gasteiger partial charge in [-0.05, 0) is 42.3 Å². The molecule has 1 aromatic heterocycles. The van der Waals surface area contributed by atoms with Crippen molar-refractivity contribution in [3.63, 3.8) is 0 Å². The number of ether oxygens (including phenoxy) is 1. The third-order valence-corrected chi connectivity index (χ3v) is 5.58. The summed E-state index contributed by atoms with van der Waals surface area (Å²) >= 11 is 0. The van der Waals surface area contributed by atoms with Gasteiger partial charge in [0.05, 0.1) is 6.20 Å². The highest BCUT2D eigenvalue weighted by molar-refractivity contribution is 5.92. The molecule has 2 heterocycles. The van der Waals surface area contributed by atoms with Crippen molar-refractivity contribution in [3.8, 4) is 18.1 Å². The van der Waals surface area contributed by atoms with Gasteiger partial charge in [-0.1, -0.05) is 24.6 Å². The predicted molar refractivity (Wildman–Crippen MR) is 123 cm³/mol. The number of amides is 2. The minimum absolute atomic E-state index is 0.201. The molecule has 2 atom stereocenters. The maximum atomic E-state index is 14.3. The van der Waals surface area contributed by atoms with Crippen LogP contribution >= 0.6 is 0 Å². The van der Waals surface area contributed by atoms with Gasteiger partial charge in [0.15, 0.2) is 0 Å². The van der Waals surface area contributed by atoms with Gasteiger partial charge in [0, 0.05) is 33.2 Å². The third-order valence-electron chi connectivity index (χ3n) is 5.58. The van der Waals surface area contributed by atoms with Crippen LogP contribution in [0.5, 0.6) is 5.75 Å². The van der Waals surface area contributed by atoms with E-state index in [4.69, 9.17) is 11.2 Å². The molecule has 0 bridgehead atoms. The van der Waals surface area contributed by atoms with E-state index in [1.807, 2.05) is 6.07 Å². The number of aryl methyl sites for hydroxylation is 1. The molecule has 1 aromatic carbocycles. The molecular formula is C25H27FN4O3. The number of nitrogens with one attached hydrogen (secondary N) is 1. The second-order valence-corrected chi connectivity index (χ2v) is 7.75. The standard InChI is InChI=1S/C25H27FN4O3/c1-5-19-15-29(11-12-30(19)24(31)6-2)16-23(18-8-7-17(3)21(26)13-18)33-20-9-10-22(28-14-20)25(32)27-4/h1,6-10,13-14,19,23H,2,11-12,15-16H2,3-4H3,(H,27,32)/t19-,23+/m1/s1. The number of hydrogen-bond acceptors (Lipinski definition) is 5. The summed E-state index contributed by atoms with van der Waals surface area (Å²) in [6.07, 6.45) is 7.88. The number of piperazine rings is 1. The zero-order valence-electron chi connectivity index (χ0n) is 18.8. The van der Waals surface area contributed by atoms with Crippen LogP contribution in [0.2, 0.25) is 0 Å². The molecule has 1 aliphatic rings. The Morgan fingerprint density at radius 2 is 2.18 bits per heavy atom. The normalized spacial score (nSPS) is 17.0. The lowest BCUT2D eigenvalue weighted by atomic mass is 10.0. The van der Waals surface area contributed by atoms with E-state index < -0.39 is 12.1 Å². The van der Waals surface area contributed by atoms with Gasteiger partial charge >= 0.3 is 0 Å². The molecule has 2 aromatic rings. The number of benzene rings is 1. The molecule has 0 unspecified atom stereocenters. The van der Waals surface area contributed by atoms with Crippen LogP contribution in [0.1, 0.15) is 27.7 Å². The number of halogens is 1. The first kappa shape index (κ1) is 24.0. The fraction of sp³-hybridized carbons (Fsp3) is 0.320. The van der Waals surface area contributed by atoms with Crippen LogP contribution in [0.15, 0.2) is 49.2 Å². The number of carbonyl (C=O) groups is 2. The van der Waals surface area contributed by atoms with Gasteiger partial charge in [-0.2, -0.15) is 0 Å². The van der Waals surface area contributed by atoms with Gasteiger partial charge in [0.2, 0.25) is 5.91 Å². The largest absolute Gasteiger partial charge is 0.483 e. The monoisotopic (exact) mass is 450 g/mol. The summed E-state index contributed by atoms with van der Waals surface area (Å²) in [6.45, 7) is 7.15. The summed E-state index contributed by atoms with van der Waals surface area (Å²) in [6, 6.07) is 7.82. The number of rotatable bonds is 7. The Morgan fingerprint density at radius 1 is 1.39 bits per heavy atom. The Hall–Kier alpha value is -3.70. The smallest absolute Gasteiger partial charge is 0.269 e. The zero-order valence-corrected chi connectivity index (χ0v) is 18.8. The van der Waals surface area contributed by atoms with E-state index in [9.17, 15) is 14.0 Å². The molecule has 0 saturated carbocycles. The van der Waals surface area contributed by atoms with Crippen molar-refractivity contribution in [3.05, 3.63) is 71.8 Å². The van der Waals surface area contributed by atoms with Gasteiger partial charge in [0.25, 0.3) is 5.91 Å². The van der Waals surface area contributed by atoms with Crippen LogP contribution in [-0.2, 0) is 4.79 Å². The second-order valence-electron chi connectivity index (χ2n) is 7.75. The minimum Gasteiger partial charge on any atom is -0.483 e. The van der Waals surface area contributed by atoms with Gasteiger partial charge in [-0.15, -0.1) is 6.42 Å². The van der Waals surface area contributed by atoms with Crippen molar-refractivity contribution < 1.29 is 18.7 Å². The average Bonchev–Trinajstić information content (AvgIpc) is 2.84. The number of aromatic nitrogens is 1. The summed E-state index contributed by atoms with van der Waals surface area (Å²) < 4.78 is 20.5. The van der Waals surface area contributed by atoms with Crippen molar-refractivity contribution in [1.82, 2.24) is 20.1 Å². The first-order valence-electron chi connectivity index (χ1n) is 10.6. The predicted octanol–water partition coefficient (Wildman–Crippen LogP) is 2.34. The highest BCUT2D eigenvalue weighted by Gasteiger charge is 2.30. The molecule has 7 nitrogen and oxygen atoms in total.